The Kier molecular flexibility index (Phi) is 3.01. The second-order valence-electron chi connectivity index (χ2n) is 5.52. The first kappa shape index (κ1) is 13.7. The highest BCUT2D eigenvalue weighted by Gasteiger charge is 2.21. The summed E-state index contributed by atoms with van der Waals surface area (Å²) in [6.07, 6.45) is 0. The van der Waals surface area contributed by atoms with Gasteiger partial charge in [-0.05, 0) is 45.3 Å². The highest BCUT2D eigenvalue weighted by molar-refractivity contribution is 6.44. The van der Waals surface area contributed by atoms with Crippen LogP contribution in [0.5, 0.6) is 0 Å². The van der Waals surface area contributed by atoms with Crippen molar-refractivity contribution in [2.24, 2.45) is 0 Å². The standard InChI is InChI=1S/C20H14O3/c1-2-23-20(22)19(21)16-11-9-14-7-6-12-4-3-5-13-8-10-15(16)18(14)17(12)13/h3-11H,2H2,1H3. The van der Waals surface area contributed by atoms with Crippen LogP contribution in [0.1, 0.15) is 17.3 Å². The van der Waals surface area contributed by atoms with Gasteiger partial charge in [-0.1, -0.05) is 48.5 Å². The van der Waals surface area contributed by atoms with E-state index in [2.05, 4.69) is 18.2 Å². The van der Waals surface area contributed by atoms with Crippen molar-refractivity contribution in [3.63, 3.8) is 0 Å². The van der Waals surface area contributed by atoms with Crippen molar-refractivity contribution < 1.29 is 14.3 Å². The summed E-state index contributed by atoms with van der Waals surface area (Å²) in [4.78, 5) is 24.2. The third-order valence-corrected chi connectivity index (χ3v) is 4.23. The maximum absolute atomic E-state index is 12.4. The lowest BCUT2D eigenvalue weighted by molar-refractivity contribution is -0.137. The van der Waals surface area contributed by atoms with Crippen molar-refractivity contribution in [2.75, 3.05) is 6.61 Å². The molecular weight excluding hydrogens is 288 g/mol. The molecular formula is C20H14O3. The Balaban J connectivity index is 2.07. The molecule has 4 aromatic carbocycles. The summed E-state index contributed by atoms with van der Waals surface area (Å²) in [6.45, 7) is 1.88. The number of esters is 1. The van der Waals surface area contributed by atoms with Gasteiger partial charge in [0.2, 0.25) is 0 Å². The number of benzene rings is 4. The summed E-state index contributed by atoms with van der Waals surface area (Å²) >= 11 is 0. The molecule has 0 aromatic heterocycles. The molecule has 0 fully saturated rings. The number of ether oxygens (including phenoxy) is 1. The minimum absolute atomic E-state index is 0.191. The largest absolute Gasteiger partial charge is 0.460 e. The molecule has 0 spiro atoms. The average molecular weight is 302 g/mol. The summed E-state index contributed by atoms with van der Waals surface area (Å²) in [6, 6.07) is 17.8. The maximum atomic E-state index is 12.4. The first-order valence-electron chi connectivity index (χ1n) is 7.58. The summed E-state index contributed by atoms with van der Waals surface area (Å²) in [7, 11) is 0. The predicted molar refractivity (Wildman–Crippen MR) is 91.1 cm³/mol. The third kappa shape index (κ3) is 1.97. The van der Waals surface area contributed by atoms with E-state index in [-0.39, 0.29) is 6.61 Å². The van der Waals surface area contributed by atoms with Crippen molar-refractivity contribution in [3.8, 4) is 0 Å². The van der Waals surface area contributed by atoms with E-state index < -0.39 is 11.8 Å². The van der Waals surface area contributed by atoms with Crippen molar-refractivity contribution in [1.29, 1.82) is 0 Å². The van der Waals surface area contributed by atoms with Gasteiger partial charge < -0.3 is 4.74 Å². The molecule has 3 heteroatoms. The fraction of sp³-hybridized carbons (Fsp3) is 0.100. The normalized spacial score (nSPS) is 11.3. The molecule has 0 aliphatic rings. The zero-order valence-electron chi connectivity index (χ0n) is 12.6. The molecule has 4 rings (SSSR count). The lowest BCUT2D eigenvalue weighted by Gasteiger charge is -2.13. The topological polar surface area (TPSA) is 43.4 Å². The number of hydrogen-bond donors (Lipinski definition) is 0. The van der Waals surface area contributed by atoms with Crippen LogP contribution >= 0.6 is 0 Å². The van der Waals surface area contributed by atoms with Gasteiger partial charge in [0.1, 0.15) is 0 Å². The lowest BCUT2D eigenvalue weighted by Crippen LogP contribution is -2.17. The first-order chi connectivity index (χ1) is 11.2. The van der Waals surface area contributed by atoms with Crippen molar-refractivity contribution >= 4 is 44.1 Å². The molecule has 0 amide bonds. The van der Waals surface area contributed by atoms with Crippen LogP contribution in [-0.2, 0) is 9.53 Å². The Morgan fingerprint density at radius 1 is 0.826 bits per heavy atom. The van der Waals surface area contributed by atoms with Crippen LogP contribution in [0.15, 0.2) is 54.6 Å². The molecule has 0 heterocycles. The van der Waals surface area contributed by atoms with Gasteiger partial charge in [-0.2, -0.15) is 0 Å². The van der Waals surface area contributed by atoms with E-state index in [0.29, 0.717) is 5.56 Å². The van der Waals surface area contributed by atoms with Crippen LogP contribution in [0.4, 0.5) is 0 Å². The monoisotopic (exact) mass is 302 g/mol. The number of carbonyl (C=O) groups is 2. The number of hydrogen-bond acceptors (Lipinski definition) is 3. The number of Topliss-reactive ketones (excluding diaryl/α,β-unsaturated/α-hetero) is 1. The van der Waals surface area contributed by atoms with E-state index in [4.69, 9.17) is 4.74 Å². The molecule has 0 aliphatic heterocycles. The van der Waals surface area contributed by atoms with E-state index in [1.165, 1.54) is 0 Å². The second kappa shape index (κ2) is 5.06. The third-order valence-electron chi connectivity index (χ3n) is 4.23. The smallest absolute Gasteiger partial charge is 0.379 e. The van der Waals surface area contributed by atoms with Gasteiger partial charge in [0, 0.05) is 5.56 Å². The molecule has 0 N–H and O–H groups in total. The number of rotatable bonds is 3. The highest BCUT2D eigenvalue weighted by atomic mass is 16.5. The van der Waals surface area contributed by atoms with Gasteiger partial charge in [-0.25, -0.2) is 4.79 Å². The summed E-state index contributed by atoms with van der Waals surface area (Å²) in [5, 5.41) is 6.26. The van der Waals surface area contributed by atoms with Gasteiger partial charge >= 0.3 is 5.97 Å². The van der Waals surface area contributed by atoms with Crippen LogP contribution < -0.4 is 0 Å². The van der Waals surface area contributed by atoms with E-state index in [0.717, 1.165) is 32.3 Å². The van der Waals surface area contributed by atoms with Crippen LogP contribution in [0.2, 0.25) is 0 Å². The van der Waals surface area contributed by atoms with Crippen molar-refractivity contribution in [1.82, 2.24) is 0 Å². The SMILES string of the molecule is CCOC(=O)C(=O)c1ccc2ccc3cccc4ccc1c2c34. The Labute approximate surface area is 132 Å². The summed E-state index contributed by atoms with van der Waals surface area (Å²) in [5.74, 6) is -1.40. The number of carbonyl (C=O) groups excluding carboxylic acids is 2. The zero-order chi connectivity index (χ0) is 16.0. The fourth-order valence-corrected chi connectivity index (χ4v) is 3.24. The molecule has 3 nitrogen and oxygen atoms in total. The molecule has 112 valence electrons. The van der Waals surface area contributed by atoms with Crippen LogP contribution in [0, 0.1) is 0 Å². The molecule has 0 unspecified atom stereocenters. The lowest BCUT2D eigenvalue weighted by atomic mass is 9.91. The molecule has 23 heavy (non-hydrogen) atoms. The predicted octanol–water partition coefficient (Wildman–Crippen LogP) is 4.33. The first-order valence-corrected chi connectivity index (χ1v) is 7.58. The van der Waals surface area contributed by atoms with Gasteiger partial charge in [-0.3, -0.25) is 4.79 Å². The minimum atomic E-state index is -0.803. The van der Waals surface area contributed by atoms with Gasteiger partial charge in [-0.15, -0.1) is 0 Å². The molecule has 0 radical (unpaired) electrons. The van der Waals surface area contributed by atoms with Crippen LogP contribution in [0.3, 0.4) is 0 Å². The number of ketones is 1. The van der Waals surface area contributed by atoms with Gasteiger partial charge in [0.15, 0.2) is 0 Å². The van der Waals surface area contributed by atoms with Crippen LogP contribution in [0.25, 0.3) is 32.3 Å². The Morgan fingerprint density at radius 2 is 1.43 bits per heavy atom. The van der Waals surface area contributed by atoms with E-state index in [1.807, 2.05) is 30.3 Å². The van der Waals surface area contributed by atoms with Crippen molar-refractivity contribution in [2.45, 2.75) is 6.92 Å². The van der Waals surface area contributed by atoms with Crippen LogP contribution in [-0.4, -0.2) is 18.4 Å². The summed E-state index contributed by atoms with van der Waals surface area (Å²) in [5.41, 5.74) is 0.397. The fourth-order valence-electron chi connectivity index (χ4n) is 3.24. The molecule has 0 atom stereocenters. The molecule has 0 bridgehead atoms. The van der Waals surface area contributed by atoms with Crippen molar-refractivity contribution in [3.05, 3.63) is 60.2 Å². The zero-order valence-corrected chi connectivity index (χ0v) is 12.6. The second-order valence-corrected chi connectivity index (χ2v) is 5.52. The molecule has 0 aliphatic carbocycles. The van der Waals surface area contributed by atoms with E-state index in [1.54, 1.807) is 13.0 Å². The summed E-state index contributed by atoms with van der Waals surface area (Å²) < 4.78 is 4.86. The quantitative estimate of drug-likeness (QED) is 0.245. The maximum Gasteiger partial charge on any atom is 0.379 e. The molecule has 4 aromatic rings. The van der Waals surface area contributed by atoms with Gasteiger partial charge in [0.05, 0.1) is 6.61 Å². The molecule has 0 saturated heterocycles. The average Bonchev–Trinajstić information content (AvgIpc) is 2.59. The Bertz CT molecular complexity index is 1050. The van der Waals surface area contributed by atoms with E-state index in [9.17, 15) is 9.59 Å². The molecule has 0 saturated carbocycles. The Hall–Kier alpha value is -2.94. The minimum Gasteiger partial charge on any atom is -0.460 e. The highest BCUT2D eigenvalue weighted by Crippen LogP contribution is 2.36. The van der Waals surface area contributed by atoms with Gasteiger partial charge in [0.25, 0.3) is 5.78 Å². The Morgan fingerprint density at radius 3 is 2.13 bits per heavy atom. The van der Waals surface area contributed by atoms with E-state index >= 15 is 0 Å².